The third-order valence-corrected chi connectivity index (χ3v) is 6.89. The number of aromatic hydroxyl groups is 4. The number of rotatable bonds is 8. The molecule has 0 radical (unpaired) electrons. The van der Waals surface area contributed by atoms with E-state index in [-0.39, 0.29) is 17.5 Å². The molecule has 2 aromatic rings. The zero-order chi connectivity index (χ0) is 28.6. The lowest BCUT2D eigenvalue weighted by atomic mass is 9.51. The monoisotopic (exact) mass is 538 g/mol. The standard InChI is InChI=1S/C27H22O12/c28-15-3-1-12(9-17(15)30)10-19(25(35)36)39-20(32)6-8-27-7-5-14(23(33)24(27)34)21(26(37)38)22(27)13-2-4-16(29)18(31)11-13/h1-9,11,14,19,21-22,28-31H,10H2,(H,35,36)(H,37,38)/b8-6+/t14?,19-,21?,22?,27?/m1/s1. The molecule has 6 N–H and O–H groups in total. The molecule has 5 rings (SSSR count). The molecule has 2 bridgehead atoms. The third kappa shape index (κ3) is 4.79. The Kier molecular flexibility index (Phi) is 6.88. The number of benzene rings is 2. The van der Waals surface area contributed by atoms with Crippen LogP contribution in [-0.4, -0.2) is 66.2 Å². The third-order valence-electron chi connectivity index (χ3n) is 6.89. The maximum absolute atomic E-state index is 13.2. The van der Waals surface area contributed by atoms with Gasteiger partial charge in [0.05, 0.1) is 17.3 Å². The van der Waals surface area contributed by atoms with Crippen LogP contribution in [0.3, 0.4) is 0 Å². The van der Waals surface area contributed by atoms with Gasteiger partial charge in [0.1, 0.15) is 0 Å². The molecule has 0 aromatic heterocycles. The van der Waals surface area contributed by atoms with Gasteiger partial charge in [0.15, 0.2) is 23.0 Å². The summed E-state index contributed by atoms with van der Waals surface area (Å²) in [6.45, 7) is 0. The Morgan fingerprint density at radius 1 is 0.923 bits per heavy atom. The lowest BCUT2D eigenvalue weighted by Crippen LogP contribution is -2.56. The highest BCUT2D eigenvalue weighted by molar-refractivity contribution is 6.43. The van der Waals surface area contributed by atoms with Crippen molar-refractivity contribution in [2.45, 2.75) is 18.4 Å². The Hall–Kier alpha value is -5.13. The van der Waals surface area contributed by atoms with E-state index in [0.717, 1.165) is 36.4 Å². The zero-order valence-corrected chi connectivity index (χ0v) is 19.9. The van der Waals surface area contributed by atoms with E-state index in [9.17, 15) is 54.6 Å². The van der Waals surface area contributed by atoms with Crippen molar-refractivity contribution in [2.75, 3.05) is 0 Å². The average molecular weight is 538 g/mol. The van der Waals surface area contributed by atoms with Crippen molar-refractivity contribution < 1.29 is 59.3 Å². The van der Waals surface area contributed by atoms with Crippen LogP contribution in [0, 0.1) is 17.3 Å². The van der Waals surface area contributed by atoms with Gasteiger partial charge in [-0.2, -0.15) is 0 Å². The Morgan fingerprint density at radius 2 is 1.56 bits per heavy atom. The summed E-state index contributed by atoms with van der Waals surface area (Å²) in [7, 11) is 0. The number of carboxylic acid groups (broad SMARTS) is 2. The zero-order valence-electron chi connectivity index (χ0n) is 19.9. The van der Waals surface area contributed by atoms with E-state index in [1.54, 1.807) is 0 Å². The molecule has 1 fully saturated rings. The minimum Gasteiger partial charge on any atom is -0.504 e. The van der Waals surface area contributed by atoms with Crippen LogP contribution in [0.2, 0.25) is 0 Å². The summed E-state index contributed by atoms with van der Waals surface area (Å²) >= 11 is 0. The van der Waals surface area contributed by atoms with Crippen molar-refractivity contribution in [2.24, 2.45) is 17.3 Å². The number of ketones is 2. The number of carbonyl (C=O) groups excluding carboxylic acids is 3. The van der Waals surface area contributed by atoms with Gasteiger partial charge in [-0.05, 0) is 35.4 Å². The molecule has 4 unspecified atom stereocenters. The first-order valence-corrected chi connectivity index (χ1v) is 11.5. The van der Waals surface area contributed by atoms with Crippen LogP contribution in [0.25, 0.3) is 0 Å². The van der Waals surface area contributed by atoms with E-state index in [1.165, 1.54) is 24.3 Å². The van der Waals surface area contributed by atoms with Crippen molar-refractivity contribution >= 4 is 29.5 Å². The van der Waals surface area contributed by atoms with Gasteiger partial charge in [-0.25, -0.2) is 9.59 Å². The number of esters is 1. The lowest BCUT2D eigenvalue weighted by molar-refractivity contribution is -0.160. The second-order valence-electron chi connectivity index (χ2n) is 9.23. The van der Waals surface area contributed by atoms with Crippen molar-refractivity contribution in [1.29, 1.82) is 0 Å². The summed E-state index contributed by atoms with van der Waals surface area (Å²) in [6, 6.07) is 6.96. The molecule has 3 aliphatic rings. The van der Waals surface area contributed by atoms with E-state index in [1.807, 2.05) is 0 Å². The van der Waals surface area contributed by atoms with Crippen LogP contribution in [-0.2, 0) is 35.1 Å². The Bertz CT molecular complexity index is 1450. The second-order valence-corrected chi connectivity index (χ2v) is 9.23. The maximum Gasteiger partial charge on any atom is 0.345 e. The van der Waals surface area contributed by atoms with Gasteiger partial charge >= 0.3 is 17.9 Å². The van der Waals surface area contributed by atoms with Gasteiger partial charge in [-0.1, -0.05) is 30.4 Å². The van der Waals surface area contributed by atoms with Crippen LogP contribution in [0.1, 0.15) is 17.0 Å². The lowest BCUT2D eigenvalue weighted by Gasteiger charge is -2.48. The quantitative estimate of drug-likeness (QED) is 0.0925. The molecule has 0 saturated heterocycles. The number of hydrogen-bond donors (Lipinski definition) is 6. The van der Waals surface area contributed by atoms with Crippen molar-refractivity contribution in [3.63, 3.8) is 0 Å². The van der Waals surface area contributed by atoms with E-state index in [2.05, 4.69) is 0 Å². The van der Waals surface area contributed by atoms with E-state index in [0.29, 0.717) is 0 Å². The molecule has 0 amide bonds. The summed E-state index contributed by atoms with van der Waals surface area (Å²) in [5.74, 6) is -12.2. The molecule has 0 aliphatic heterocycles. The Labute approximate surface area is 219 Å². The molecule has 2 aromatic carbocycles. The molecule has 12 nitrogen and oxygen atoms in total. The number of allylic oxidation sites excluding steroid dienone is 3. The minimum absolute atomic E-state index is 0.0986. The number of phenols is 4. The number of hydrogen-bond acceptors (Lipinski definition) is 10. The highest BCUT2D eigenvalue weighted by Crippen LogP contribution is 2.56. The summed E-state index contributed by atoms with van der Waals surface area (Å²) in [4.78, 5) is 62.5. The predicted octanol–water partition coefficient (Wildman–Crippen LogP) is 1.41. The fourth-order valence-corrected chi connectivity index (χ4v) is 5.05. The first-order chi connectivity index (χ1) is 18.4. The molecule has 3 aliphatic carbocycles. The largest absolute Gasteiger partial charge is 0.504 e. The molecule has 1 saturated carbocycles. The SMILES string of the molecule is O=C(/C=C/C12C=CC(C(=O)C1=O)C(C(=O)O)C2c1ccc(O)c(O)c1)O[C@H](Cc1ccc(O)c(O)c1)C(=O)O. The number of carbonyl (C=O) groups is 5. The van der Waals surface area contributed by atoms with Crippen LogP contribution in [0.4, 0.5) is 0 Å². The molecule has 5 atom stereocenters. The molecular weight excluding hydrogens is 516 g/mol. The van der Waals surface area contributed by atoms with Gasteiger partial charge < -0.3 is 35.4 Å². The number of Topliss-reactive ketones (excluding diaryl/α,β-unsaturated/α-hetero) is 2. The topological polar surface area (TPSA) is 216 Å². The maximum atomic E-state index is 13.2. The highest BCUT2D eigenvalue weighted by Gasteiger charge is 2.61. The predicted molar refractivity (Wildman–Crippen MR) is 129 cm³/mol. The fraction of sp³-hybridized carbons (Fsp3) is 0.222. The summed E-state index contributed by atoms with van der Waals surface area (Å²) in [5.41, 5.74) is -1.67. The van der Waals surface area contributed by atoms with Gasteiger partial charge in [0, 0.05) is 18.4 Å². The molecular formula is C27H22O12. The smallest absolute Gasteiger partial charge is 0.345 e. The van der Waals surface area contributed by atoms with Crippen LogP contribution in [0.5, 0.6) is 23.0 Å². The molecule has 0 spiro atoms. The summed E-state index contributed by atoms with van der Waals surface area (Å²) in [5, 5.41) is 58.2. The van der Waals surface area contributed by atoms with E-state index >= 15 is 0 Å². The van der Waals surface area contributed by atoms with Crippen LogP contribution in [0.15, 0.2) is 60.7 Å². The van der Waals surface area contributed by atoms with E-state index < -0.39 is 81.7 Å². The van der Waals surface area contributed by atoms with E-state index in [4.69, 9.17) is 4.74 Å². The first kappa shape index (κ1) is 26.9. The summed E-state index contributed by atoms with van der Waals surface area (Å²) in [6.07, 6.45) is 2.10. The van der Waals surface area contributed by atoms with Crippen molar-refractivity contribution in [1.82, 2.24) is 0 Å². The van der Waals surface area contributed by atoms with Crippen LogP contribution >= 0.6 is 0 Å². The first-order valence-electron chi connectivity index (χ1n) is 11.5. The van der Waals surface area contributed by atoms with Crippen molar-refractivity contribution in [3.05, 3.63) is 71.8 Å². The second kappa shape index (κ2) is 9.97. The van der Waals surface area contributed by atoms with Crippen molar-refractivity contribution in [3.8, 4) is 23.0 Å². The van der Waals surface area contributed by atoms with Gasteiger partial charge in [0.2, 0.25) is 17.7 Å². The minimum atomic E-state index is -1.99. The number of carboxylic acids is 2. The van der Waals surface area contributed by atoms with Gasteiger partial charge in [-0.15, -0.1) is 0 Å². The Balaban J connectivity index is 1.68. The average Bonchev–Trinajstić information content (AvgIpc) is 2.88. The highest BCUT2D eigenvalue weighted by atomic mass is 16.6. The number of ether oxygens (including phenoxy) is 1. The van der Waals surface area contributed by atoms with Gasteiger partial charge in [-0.3, -0.25) is 14.4 Å². The Morgan fingerprint density at radius 3 is 2.15 bits per heavy atom. The number of aliphatic carboxylic acids is 2. The molecule has 12 heteroatoms. The number of phenolic OH excluding ortho intramolecular Hbond substituents is 4. The molecule has 39 heavy (non-hydrogen) atoms. The van der Waals surface area contributed by atoms with Crippen LogP contribution < -0.4 is 0 Å². The van der Waals surface area contributed by atoms with Gasteiger partial charge in [0.25, 0.3) is 0 Å². The molecule has 0 heterocycles. The normalized spacial score (nSPS) is 24.6. The molecule has 202 valence electrons. The fourth-order valence-electron chi connectivity index (χ4n) is 5.05. The number of fused-ring (bicyclic) bond motifs is 2. The summed E-state index contributed by atoms with van der Waals surface area (Å²) < 4.78 is 5.01.